The fraction of sp³-hybridized carbons (Fsp3) is 0.600. The molecule has 1 aliphatic carbocycles. The molecule has 0 aliphatic heterocycles. The third-order valence-corrected chi connectivity index (χ3v) is 4.94. The summed E-state index contributed by atoms with van der Waals surface area (Å²) in [4.78, 5) is 15.3. The van der Waals surface area contributed by atoms with Crippen molar-refractivity contribution in [1.82, 2.24) is 10.6 Å². The maximum Gasteiger partial charge on any atom is 0.305 e. The van der Waals surface area contributed by atoms with Crippen molar-refractivity contribution in [3.8, 4) is 0 Å². The van der Waals surface area contributed by atoms with Gasteiger partial charge in [0.15, 0.2) is 5.96 Å². The average molecular weight is 363 g/mol. The first-order valence-electron chi connectivity index (χ1n) is 9.37. The number of unbranched alkanes of at least 4 members (excludes halogenated alkanes) is 3. The molecule has 1 fully saturated rings. The summed E-state index contributed by atoms with van der Waals surface area (Å²) in [6.07, 6.45) is 6.44. The van der Waals surface area contributed by atoms with Crippen molar-refractivity contribution in [2.45, 2.75) is 50.4 Å². The second-order valence-electron chi connectivity index (χ2n) is 6.85. The molecule has 0 unspecified atom stereocenters. The number of hydrogen-bond acceptors (Lipinski definition) is 3. The van der Waals surface area contributed by atoms with Gasteiger partial charge in [0.25, 0.3) is 0 Å². The molecule has 0 atom stereocenters. The van der Waals surface area contributed by atoms with Crippen molar-refractivity contribution >= 4 is 11.9 Å². The van der Waals surface area contributed by atoms with Crippen molar-refractivity contribution in [2.75, 3.05) is 27.2 Å². The molecule has 6 heteroatoms. The van der Waals surface area contributed by atoms with Crippen LogP contribution in [0.4, 0.5) is 4.39 Å². The summed E-state index contributed by atoms with van der Waals surface area (Å²) >= 11 is 0. The molecule has 1 saturated carbocycles. The third-order valence-electron chi connectivity index (χ3n) is 4.94. The van der Waals surface area contributed by atoms with Crippen LogP contribution >= 0.6 is 0 Å². The summed E-state index contributed by atoms with van der Waals surface area (Å²) in [5, 5.41) is 6.63. The van der Waals surface area contributed by atoms with E-state index >= 15 is 0 Å². The first-order valence-corrected chi connectivity index (χ1v) is 9.37. The Bertz CT molecular complexity index is 615. The van der Waals surface area contributed by atoms with E-state index in [-0.39, 0.29) is 17.2 Å². The highest BCUT2D eigenvalue weighted by Crippen LogP contribution is 2.48. The summed E-state index contributed by atoms with van der Waals surface area (Å²) < 4.78 is 18.7. The molecule has 0 saturated heterocycles. The van der Waals surface area contributed by atoms with E-state index in [9.17, 15) is 9.18 Å². The number of rotatable bonds is 10. The van der Waals surface area contributed by atoms with Gasteiger partial charge in [-0.2, -0.15) is 0 Å². The van der Waals surface area contributed by atoms with E-state index < -0.39 is 0 Å². The lowest BCUT2D eigenvalue weighted by atomic mass is 9.95. The smallest absolute Gasteiger partial charge is 0.305 e. The van der Waals surface area contributed by atoms with Crippen LogP contribution in [0.1, 0.15) is 50.5 Å². The zero-order valence-corrected chi connectivity index (χ0v) is 15.8. The van der Waals surface area contributed by atoms with Crippen LogP contribution in [0.2, 0.25) is 0 Å². The monoisotopic (exact) mass is 363 g/mol. The van der Waals surface area contributed by atoms with Gasteiger partial charge < -0.3 is 15.4 Å². The number of methoxy groups -OCH3 is 1. The minimum absolute atomic E-state index is 0.100. The molecule has 0 bridgehead atoms. The third kappa shape index (κ3) is 6.00. The van der Waals surface area contributed by atoms with E-state index in [0.717, 1.165) is 56.6 Å². The molecule has 0 aromatic heterocycles. The van der Waals surface area contributed by atoms with E-state index in [1.165, 1.54) is 13.2 Å². The standard InChI is InChI=1S/C20H30FN3O2/c1-22-19(23-14-8-4-3-5-11-18(25)26-2)24-15-20(12-13-20)16-9-6-7-10-17(16)21/h6-7,9-10H,3-5,8,11-15H2,1-2H3,(H2,22,23,24). The maximum absolute atomic E-state index is 14.1. The summed E-state index contributed by atoms with van der Waals surface area (Å²) in [6, 6.07) is 7.04. The number of aliphatic imine (C=N–C) groups is 1. The van der Waals surface area contributed by atoms with Crippen LogP contribution in [-0.4, -0.2) is 39.2 Å². The lowest BCUT2D eigenvalue weighted by Gasteiger charge is -2.19. The van der Waals surface area contributed by atoms with Crippen LogP contribution < -0.4 is 10.6 Å². The van der Waals surface area contributed by atoms with Gasteiger partial charge in [0.05, 0.1) is 7.11 Å². The summed E-state index contributed by atoms with van der Waals surface area (Å²) in [5.74, 6) is 0.487. The van der Waals surface area contributed by atoms with Gasteiger partial charge in [-0.05, 0) is 37.3 Å². The predicted molar refractivity (Wildman–Crippen MR) is 102 cm³/mol. The molecule has 2 rings (SSSR count). The normalized spacial score (nSPS) is 15.4. The van der Waals surface area contributed by atoms with Crippen LogP contribution in [0.25, 0.3) is 0 Å². The number of ether oxygens (including phenoxy) is 1. The van der Waals surface area contributed by atoms with Gasteiger partial charge in [0, 0.05) is 32.0 Å². The molecule has 1 aliphatic rings. The molecule has 0 spiro atoms. The molecular formula is C20H30FN3O2. The predicted octanol–water partition coefficient (Wildman–Crippen LogP) is 3.15. The number of carbonyl (C=O) groups excluding carboxylic acids is 1. The Kier molecular flexibility index (Phi) is 7.88. The molecule has 1 aromatic carbocycles. The number of hydrogen-bond donors (Lipinski definition) is 2. The molecular weight excluding hydrogens is 333 g/mol. The number of nitrogens with one attached hydrogen (secondary N) is 2. The van der Waals surface area contributed by atoms with Crippen molar-refractivity contribution in [3.63, 3.8) is 0 Å². The number of halogens is 1. The van der Waals surface area contributed by atoms with Gasteiger partial charge >= 0.3 is 5.97 Å². The van der Waals surface area contributed by atoms with Gasteiger partial charge in [-0.1, -0.05) is 31.0 Å². The van der Waals surface area contributed by atoms with Crippen LogP contribution in [0.5, 0.6) is 0 Å². The van der Waals surface area contributed by atoms with Gasteiger partial charge in [0.1, 0.15) is 5.82 Å². The summed E-state index contributed by atoms with van der Waals surface area (Å²) in [5.41, 5.74) is 0.699. The lowest BCUT2D eigenvalue weighted by molar-refractivity contribution is -0.140. The van der Waals surface area contributed by atoms with Crippen LogP contribution in [0.3, 0.4) is 0 Å². The highest BCUT2D eigenvalue weighted by Gasteiger charge is 2.45. The number of carbonyl (C=O) groups is 1. The number of guanidine groups is 1. The van der Waals surface area contributed by atoms with Crippen LogP contribution in [0.15, 0.2) is 29.3 Å². The molecule has 0 radical (unpaired) electrons. The summed E-state index contributed by atoms with van der Waals surface area (Å²) in [7, 11) is 3.16. The number of esters is 1. The van der Waals surface area contributed by atoms with Crippen LogP contribution in [0, 0.1) is 5.82 Å². The Labute approximate surface area is 155 Å². The van der Waals surface area contributed by atoms with Gasteiger partial charge in [0.2, 0.25) is 0 Å². The zero-order valence-electron chi connectivity index (χ0n) is 15.8. The topological polar surface area (TPSA) is 62.7 Å². The zero-order chi connectivity index (χ0) is 18.8. The Morgan fingerprint density at radius 3 is 2.58 bits per heavy atom. The molecule has 0 heterocycles. The Balaban J connectivity index is 1.64. The minimum Gasteiger partial charge on any atom is -0.469 e. The second kappa shape index (κ2) is 10.1. The number of nitrogens with zero attached hydrogens (tertiary/aromatic N) is 1. The first kappa shape index (κ1) is 20.2. The highest BCUT2D eigenvalue weighted by molar-refractivity contribution is 5.79. The van der Waals surface area contributed by atoms with Crippen LogP contribution in [-0.2, 0) is 14.9 Å². The second-order valence-corrected chi connectivity index (χ2v) is 6.85. The van der Waals surface area contributed by atoms with Gasteiger partial charge in [-0.15, -0.1) is 0 Å². The largest absolute Gasteiger partial charge is 0.469 e. The van der Waals surface area contributed by atoms with E-state index in [1.54, 1.807) is 13.1 Å². The van der Waals surface area contributed by atoms with E-state index in [4.69, 9.17) is 0 Å². The van der Waals surface area contributed by atoms with Crippen molar-refractivity contribution in [2.24, 2.45) is 4.99 Å². The first-order chi connectivity index (χ1) is 12.6. The minimum atomic E-state index is -0.142. The average Bonchev–Trinajstić information content (AvgIpc) is 3.44. The quantitative estimate of drug-likeness (QED) is 0.290. The Hall–Kier alpha value is -2.11. The lowest BCUT2D eigenvalue weighted by Crippen LogP contribution is -2.41. The fourth-order valence-electron chi connectivity index (χ4n) is 3.11. The number of benzene rings is 1. The molecule has 26 heavy (non-hydrogen) atoms. The molecule has 1 aromatic rings. The van der Waals surface area contributed by atoms with Crippen molar-refractivity contribution in [3.05, 3.63) is 35.6 Å². The van der Waals surface area contributed by atoms with E-state index in [1.807, 2.05) is 12.1 Å². The van der Waals surface area contributed by atoms with Gasteiger partial charge in [-0.3, -0.25) is 9.79 Å². The maximum atomic E-state index is 14.1. The molecule has 0 amide bonds. The molecule has 5 nitrogen and oxygen atoms in total. The van der Waals surface area contributed by atoms with Gasteiger partial charge in [-0.25, -0.2) is 4.39 Å². The van der Waals surface area contributed by atoms with Crippen molar-refractivity contribution < 1.29 is 13.9 Å². The van der Waals surface area contributed by atoms with E-state index in [2.05, 4.69) is 20.4 Å². The van der Waals surface area contributed by atoms with Crippen molar-refractivity contribution in [1.29, 1.82) is 0 Å². The Morgan fingerprint density at radius 1 is 1.19 bits per heavy atom. The highest BCUT2D eigenvalue weighted by atomic mass is 19.1. The summed E-state index contributed by atoms with van der Waals surface area (Å²) in [6.45, 7) is 1.51. The van der Waals surface area contributed by atoms with E-state index in [0.29, 0.717) is 13.0 Å². The SMILES string of the molecule is CN=C(NCCCCCCC(=O)OC)NCC1(c2ccccc2F)CC1. The Morgan fingerprint density at radius 2 is 1.92 bits per heavy atom. The molecule has 2 N–H and O–H groups in total. The fourth-order valence-corrected chi connectivity index (χ4v) is 3.11. The molecule has 144 valence electrons.